The highest BCUT2D eigenvalue weighted by Gasteiger charge is 2.12. The lowest BCUT2D eigenvalue weighted by molar-refractivity contribution is 0.102. The van der Waals surface area contributed by atoms with E-state index >= 15 is 0 Å². The van der Waals surface area contributed by atoms with E-state index in [1.165, 1.54) is 0 Å². The van der Waals surface area contributed by atoms with Crippen LogP contribution in [0.2, 0.25) is 5.02 Å². The number of hydrogen-bond donors (Lipinski definition) is 1. The fourth-order valence-corrected chi connectivity index (χ4v) is 2.49. The number of aryl methyl sites for hydroxylation is 1. The van der Waals surface area contributed by atoms with Crippen molar-refractivity contribution in [1.29, 1.82) is 0 Å². The second-order valence-corrected chi connectivity index (χ2v) is 5.73. The van der Waals surface area contributed by atoms with Crippen LogP contribution in [0.15, 0.2) is 45.3 Å². The molecule has 106 valence electrons. The van der Waals surface area contributed by atoms with E-state index < -0.39 is 0 Å². The summed E-state index contributed by atoms with van der Waals surface area (Å²) in [4.78, 5) is 16.5. The number of aromatic nitrogens is 1. The van der Waals surface area contributed by atoms with Crippen molar-refractivity contribution in [3.8, 4) is 0 Å². The van der Waals surface area contributed by atoms with E-state index in [0.717, 1.165) is 0 Å². The van der Waals surface area contributed by atoms with Crippen LogP contribution in [-0.4, -0.2) is 10.9 Å². The van der Waals surface area contributed by atoms with Crippen molar-refractivity contribution in [2.24, 2.45) is 0 Å². The highest BCUT2D eigenvalue weighted by Crippen LogP contribution is 2.26. The Morgan fingerprint density at radius 1 is 1.33 bits per heavy atom. The maximum atomic E-state index is 12.3. The molecule has 0 bridgehead atoms. The number of hydrogen-bond acceptors (Lipinski definition) is 3. The minimum absolute atomic E-state index is 0.242. The summed E-state index contributed by atoms with van der Waals surface area (Å²) >= 11 is 9.23. The Hall–Kier alpha value is -1.85. The number of nitrogens with one attached hydrogen (secondary N) is 1. The van der Waals surface area contributed by atoms with Gasteiger partial charge >= 0.3 is 0 Å². The second-order valence-electron chi connectivity index (χ2n) is 4.47. The van der Waals surface area contributed by atoms with Gasteiger partial charge in [0.15, 0.2) is 11.5 Å². The molecule has 1 N–H and O–H groups in total. The first-order valence-corrected chi connectivity index (χ1v) is 7.34. The molecule has 0 atom stereocenters. The van der Waals surface area contributed by atoms with Gasteiger partial charge < -0.3 is 9.73 Å². The minimum atomic E-state index is -0.242. The van der Waals surface area contributed by atoms with Crippen molar-refractivity contribution in [3.05, 3.63) is 57.3 Å². The molecule has 3 aromatic rings. The number of para-hydroxylation sites is 1. The number of carbonyl (C=O) groups is 1. The van der Waals surface area contributed by atoms with E-state index in [4.69, 9.17) is 16.0 Å². The molecule has 0 spiro atoms. The maximum Gasteiger partial charge on any atom is 0.255 e. The minimum Gasteiger partial charge on any atom is -0.439 e. The highest BCUT2D eigenvalue weighted by molar-refractivity contribution is 9.10. The van der Waals surface area contributed by atoms with Crippen LogP contribution < -0.4 is 5.32 Å². The van der Waals surface area contributed by atoms with Crippen LogP contribution in [0.25, 0.3) is 11.1 Å². The molecule has 2 aromatic carbocycles. The van der Waals surface area contributed by atoms with Gasteiger partial charge in [0.05, 0.1) is 10.7 Å². The quantitative estimate of drug-likeness (QED) is 0.709. The van der Waals surface area contributed by atoms with Crippen LogP contribution in [0.1, 0.15) is 16.2 Å². The topological polar surface area (TPSA) is 55.1 Å². The molecule has 21 heavy (non-hydrogen) atoms. The molecule has 0 aliphatic rings. The highest BCUT2D eigenvalue weighted by atomic mass is 79.9. The van der Waals surface area contributed by atoms with Crippen molar-refractivity contribution in [2.75, 3.05) is 5.32 Å². The number of fused-ring (bicyclic) bond motifs is 1. The number of amides is 1. The maximum absolute atomic E-state index is 12.3. The average Bonchev–Trinajstić information content (AvgIpc) is 2.83. The average molecular weight is 366 g/mol. The molecule has 0 saturated heterocycles. The van der Waals surface area contributed by atoms with Crippen molar-refractivity contribution < 1.29 is 9.21 Å². The van der Waals surface area contributed by atoms with E-state index in [-0.39, 0.29) is 5.91 Å². The molecule has 0 aliphatic carbocycles. The Morgan fingerprint density at radius 3 is 2.90 bits per heavy atom. The lowest BCUT2D eigenvalue weighted by Gasteiger charge is -2.06. The predicted octanol–water partition coefficient (Wildman–Crippen LogP) is 4.80. The summed E-state index contributed by atoms with van der Waals surface area (Å²) in [6.07, 6.45) is 0. The van der Waals surface area contributed by atoms with Crippen molar-refractivity contribution in [3.63, 3.8) is 0 Å². The smallest absolute Gasteiger partial charge is 0.255 e. The Bertz CT molecular complexity index is 845. The first-order chi connectivity index (χ1) is 10.0. The van der Waals surface area contributed by atoms with Crippen molar-refractivity contribution in [1.82, 2.24) is 4.98 Å². The standard InChI is InChI=1S/C15H10BrClN2O2/c1-8-18-12-3-2-4-13(14(12)21-8)19-15(20)9-5-6-11(17)10(16)7-9/h2-7H,1H3,(H,19,20). The summed E-state index contributed by atoms with van der Waals surface area (Å²) < 4.78 is 6.19. The fraction of sp³-hybridized carbons (Fsp3) is 0.0667. The number of oxazole rings is 1. The van der Waals surface area contributed by atoms with E-state index in [9.17, 15) is 4.79 Å². The molecule has 3 rings (SSSR count). The van der Waals surface area contributed by atoms with Gasteiger partial charge in [-0.2, -0.15) is 0 Å². The number of anilines is 1. The lowest BCUT2D eigenvalue weighted by Crippen LogP contribution is -2.11. The third-order valence-electron chi connectivity index (χ3n) is 2.95. The monoisotopic (exact) mass is 364 g/mol. The molecule has 0 saturated carbocycles. The molecule has 1 amide bonds. The first kappa shape index (κ1) is 14.1. The Balaban J connectivity index is 1.94. The van der Waals surface area contributed by atoms with Gasteiger partial charge in [-0.05, 0) is 46.3 Å². The molecular weight excluding hydrogens is 356 g/mol. The van der Waals surface area contributed by atoms with Gasteiger partial charge in [-0.25, -0.2) is 4.98 Å². The van der Waals surface area contributed by atoms with Crippen LogP contribution in [0.4, 0.5) is 5.69 Å². The van der Waals surface area contributed by atoms with Gasteiger partial charge in [-0.1, -0.05) is 17.7 Å². The molecule has 0 unspecified atom stereocenters. The zero-order valence-corrected chi connectivity index (χ0v) is 13.3. The molecule has 6 heteroatoms. The van der Waals surface area contributed by atoms with Crippen LogP contribution in [0, 0.1) is 6.92 Å². The molecule has 0 fully saturated rings. The fourth-order valence-electron chi connectivity index (χ4n) is 1.99. The summed E-state index contributed by atoms with van der Waals surface area (Å²) in [6.45, 7) is 1.77. The van der Waals surface area contributed by atoms with Gasteiger partial charge in [0, 0.05) is 17.0 Å². The first-order valence-electron chi connectivity index (χ1n) is 6.17. The van der Waals surface area contributed by atoms with Crippen molar-refractivity contribution >= 4 is 50.2 Å². The zero-order valence-electron chi connectivity index (χ0n) is 11.0. The third-order valence-corrected chi connectivity index (χ3v) is 4.17. The van der Waals surface area contributed by atoms with Gasteiger partial charge in [-0.15, -0.1) is 0 Å². The normalized spacial score (nSPS) is 10.8. The molecular formula is C15H10BrClN2O2. The van der Waals surface area contributed by atoms with Crippen LogP contribution in [-0.2, 0) is 0 Å². The number of nitrogens with zero attached hydrogens (tertiary/aromatic N) is 1. The summed E-state index contributed by atoms with van der Waals surface area (Å²) in [5.74, 6) is 0.315. The molecule has 4 nitrogen and oxygen atoms in total. The number of carbonyl (C=O) groups excluding carboxylic acids is 1. The van der Waals surface area contributed by atoms with Crippen LogP contribution in [0.5, 0.6) is 0 Å². The summed E-state index contributed by atoms with van der Waals surface area (Å²) in [5.41, 5.74) is 2.36. The molecule has 0 aliphatic heterocycles. The van der Waals surface area contributed by atoms with E-state index in [1.807, 2.05) is 12.1 Å². The Kier molecular flexibility index (Phi) is 3.69. The molecule has 1 aromatic heterocycles. The van der Waals surface area contributed by atoms with E-state index in [1.54, 1.807) is 31.2 Å². The summed E-state index contributed by atoms with van der Waals surface area (Å²) in [6, 6.07) is 10.4. The van der Waals surface area contributed by atoms with Crippen molar-refractivity contribution in [2.45, 2.75) is 6.92 Å². The molecule has 1 heterocycles. The number of benzene rings is 2. The van der Waals surface area contributed by atoms with Gasteiger partial charge in [0.25, 0.3) is 5.91 Å². The van der Waals surface area contributed by atoms with Gasteiger partial charge in [0.2, 0.25) is 0 Å². The predicted molar refractivity (Wildman–Crippen MR) is 85.9 cm³/mol. The largest absolute Gasteiger partial charge is 0.439 e. The number of rotatable bonds is 2. The summed E-state index contributed by atoms with van der Waals surface area (Å²) in [5, 5.41) is 3.38. The van der Waals surface area contributed by atoms with E-state index in [0.29, 0.717) is 37.7 Å². The third kappa shape index (κ3) is 2.80. The lowest BCUT2D eigenvalue weighted by atomic mass is 10.2. The van der Waals surface area contributed by atoms with E-state index in [2.05, 4.69) is 26.2 Å². The van der Waals surface area contributed by atoms with Crippen LogP contribution in [0.3, 0.4) is 0 Å². The zero-order chi connectivity index (χ0) is 15.0. The number of halogens is 2. The SMILES string of the molecule is Cc1nc2cccc(NC(=O)c3ccc(Cl)c(Br)c3)c2o1. The van der Waals surface area contributed by atoms with Crippen LogP contribution >= 0.6 is 27.5 Å². The second kappa shape index (κ2) is 5.50. The Morgan fingerprint density at radius 2 is 2.14 bits per heavy atom. The summed E-state index contributed by atoms with van der Waals surface area (Å²) in [7, 11) is 0. The van der Waals surface area contributed by atoms with Gasteiger partial charge in [0.1, 0.15) is 5.52 Å². The Labute approximate surface area is 134 Å². The molecule has 0 radical (unpaired) electrons. The van der Waals surface area contributed by atoms with Gasteiger partial charge in [-0.3, -0.25) is 4.79 Å².